The smallest absolute Gasteiger partial charge is 0.257 e. The summed E-state index contributed by atoms with van der Waals surface area (Å²) in [4.78, 5) is 21.3. The van der Waals surface area contributed by atoms with Crippen molar-refractivity contribution in [2.45, 2.75) is 25.9 Å². The third-order valence-electron chi connectivity index (χ3n) is 4.49. The van der Waals surface area contributed by atoms with E-state index in [9.17, 15) is 4.79 Å². The van der Waals surface area contributed by atoms with Crippen LogP contribution in [-0.2, 0) is 4.74 Å². The summed E-state index contributed by atoms with van der Waals surface area (Å²) in [7, 11) is 0. The second kappa shape index (κ2) is 8.50. The van der Waals surface area contributed by atoms with E-state index in [0.29, 0.717) is 24.7 Å². The van der Waals surface area contributed by atoms with Crippen LogP contribution in [0.4, 0.5) is 5.69 Å². The predicted molar refractivity (Wildman–Crippen MR) is 109 cm³/mol. The van der Waals surface area contributed by atoms with Crippen molar-refractivity contribution >= 4 is 22.9 Å². The van der Waals surface area contributed by atoms with Gasteiger partial charge in [0.15, 0.2) is 0 Å². The molecule has 3 aromatic rings. The van der Waals surface area contributed by atoms with E-state index in [1.807, 2.05) is 36.6 Å². The number of hydrogen-bond donors (Lipinski definition) is 1. The number of amides is 1. The van der Waals surface area contributed by atoms with Crippen molar-refractivity contribution < 1.29 is 14.3 Å². The van der Waals surface area contributed by atoms with Crippen LogP contribution in [0.5, 0.6) is 5.88 Å². The summed E-state index contributed by atoms with van der Waals surface area (Å²) in [5.41, 5.74) is 3.08. The minimum Gasteiger partial charge on any atom is -0.474 e. The van der Waals surface area contributed by atoms with Crippen LogP contribution < -0.4 is 10.1 Å². The maximum absolute atomic E-state index is 12.5. The maximum atomic E-state index is 12.5. The molecule has 0 spiro atoms. The Morgan fingerprint density at radius 2 is 2.11 bits per heavy atom. The Hall–Kier alpha value is -2.77. The fraction of sp³-hybridized carbons (Fsp3) is 0.286. The minimum absolute atomic E-state index is 0.123. The van der Waals surface area contributed by atoms with Gasteiger partial charge in [0, 0.05) is 41.7 Å². The number of nitrogens with one attached hydrogen (secondary N) is 1. The highest BCUT2D eigenvalue weighted by atomic mass is 32.1. The van der Waals surface area contributed by atoms with Gasteiger partial charge in [-0.1, -0.05) is 12.1 Å². The highest BCUT2D eigenvalue weighted by Crippen LogP contribution is 2.24. The van der Waals surface area contributed by atoms with Gasteiger partial charge < -0.3 is 14.8 Å². The molecule has 1 aromatic carbocycles. The summed E-state index contributed by atoms with van der Waals surface area (Å²) in [6.07, 6.45) is 3.38. The molecule has 6 nitrogen and oxygen atoms in total. The maximum Gasteiger partial charge on any atom is 0.257 e. The molecule has 1 amide bonds. The number of aromatic nitrogens is 2. The zero-order valence-electron chi connectivity index (χ0n) is 15.6. The molecule has 1 fully saturated rings. The predicted octanol–water partition coefficient (Wildman–Crippen LogP) is 4.32. The number of carbonyl (C=O) groups excluding carboxylic acids is 1. The molecule has 2 aromatic heterocycles. The number of benzene rings is 1. The van der Waals surface area contributed by atoms with Crippen molar-refractivity contribution in [1.29, 1.82) is 0 Å². The Kier molecular flexibility index (Phi) is 5.64. The molecule has 0 bridgehead atoms. The fourth-order valence-electron chi connectivity index (χ4n) is 3.00. The molecular weight excluding hydrogens is 374 g/mol. The molecule has 1 saturated heterocycles. The summed E-state index contributed by atoms with van der Waals surface area (Å²) in [6, 6.07) is 11.1. The summed E-state index contributed by atoms with van der Waals surface area (Å²) >= 11 is 1.60. The molecule has 1 aliphatic rings. The van der Waals surface area contributed by atoms with Crippen LogP contribution >= 0.6 is 11.3 Å². The summed E-state index contributed by atoms with van der Waals surface area (Å²) in [6.45, 7) is 3.40. The molecular formula is C21H21N3O3S. The van der Waals surface area contributed by atoms with E-state index in [-0.39, 0.29) is 12.0 Å². The summed E-state index contributed by atoms with van der Waals surface area (Å²) < 4.78 is 11.2. The van der Waals surface area contributed by atoms with Crippen LogP contribution in [0.1, 0.15) is 28.2 Å². The number of anilines is 1. The van der Waals surface area contributed by atoms with Gasteiger partial charge in [0.25, 0.3) is 5.91 Å². The van der Waals surface area contributed by atoms with Crippen molar-refractivity contribution in [3.8, 4) is 17.1 Å². The summed E-state index contributed by atoms with van der Waals surface area (Å²) in [5, 5.41) is 5.94. The van der Waals surface area contributed by atoms with Crippen molar-refractivity contribution in [3.05, 3.63) is 58.5 Å². The molecule has 28 heavy (non-hydrogen) atoms. The molecule has 3 heterocycles. The van der Waals surface area contributed by atoms with Crippen LogP contribution in [0.2, 0.25) is 0 Å². The zero-order valence-corrected chi connectivity index (χ0v) is 16.4. The lowest BCUT2D eigenvalue weighted by Crippen LogP contribution is -2.26. The number of carbonyl (C=O) groups is 1. The lowest BCUT2D eigenvalue weighted by Gasteiger charge is -2.22. The highest BCUT2D eigenvalue weighted by Gasteiger charge is 2.16. The number of hydrogen-bond acceptors (Lipinski definition) is 6. The van der Waals surface area contributed by atoms with Gasteiger partial charge >= 0.3 is 0 Å². The molecule has 0 saturated carbocycles. The lowest BCUT2D eigenvalue weighted by atomic mass is 10.1. The first-order valence-corrected chi connectivity index (χ1v) is 10.1. The second-order valence-electron chi connectivity index (χ2n) is 6.60. The van der Waals surface area contributed by atoms with Gasteiger partial charge in [-0.2, -0.15) is 0 Å². The Bertz CT molecular complexity index is 950. The molecule has 7 heteroatoms. The molecule has 0 unspecified atom stereocenters. The average Bonchev–Trinajstić information content (AvgIpc) is 3.16. The van der Waals surface area contributed by atoms with Gasteiger partial charge in [0.1, 0.15) is 6.10 Å². The normalized spacial score (nSPS) is 14.6. The number of rotatable bonds is 5. The quantitative estimate of drug-likeness (QED) is 0.696. The van der Waals surface area contributed by atoms with Crippen molar-refractivity contribution in [3.63, 3.8) is 0 Å². The van der Waals surface area contributed by atoms with Gasteiger partial charge in [-0.15, -0.1) is 11.3 Å². The van der Waals surface area contributed by atoms with Crippen LogP contribution in [-0.4, -0.2) is 35.2 Å². The van der Waals surface area contributed by atoms with Gasteiger partial charge in [0.2, 0.25) is 5.88 Å². The van der Waals surface area contributed by atoms with Gasteiger partial charge in [-0.05, 0) is 25.1 Å². The van der Waals surface area contributed by atoms with Crippen molar-refractivity contribution in [2.24, 2.45) is 0 Å². The fourth-order valence-corrected chi connectivity index (χ4v) is 3.63. The van der Waals surface area contributed by atoms with Gasteiger partial charge in [-0.25, -0.2) is 9.97 Å². The minimum atomic E-state index is -0.211. The van der Waals surface area contributed by atoms with E-state index in [2.05, 4.69) is 15.3 Å². The molecule has 0 aliphatic carbocycles. The van der Waals surface area contributed by atoms with Gasteiger partial charge in [-0.3, -0.25) is 4.79 Å². The van der Waals surface area contributed by atoms with E-state index in [4.69, 9.17) is 9.47 Å². The molecule has 1 N–H and O–H groups in total. The SMILES string of the molecule is Cc1nc(-c2cccc(NC(=O)c3ccc(OC4CCOCC4)nc3)c2)cs1. The van der Waals surface area contributed by atoms with Crippen LogP contribution in [0.25, 0.3) is 11.3 Å². The highest BCUT2D eigenvalue weighted by molar-refractivity contribution is 7.09. The first-order chi connectivity index (χ1) is 13.7. The Balaban J connectivity index is 1.40. The summed E-state index contributed by atoms with van der Waals surface area (Å²) in [5.74, 6) is 0.320. The Morgan fingerprint density at radius 1 is 1.25 bits per heavy atom. The number of thiazole rings is 1. The van der Waals surface area contributed by atoms with E-state index in [0.717, 1.165) is 34.8 Å². The second-order valence-corrected chi connectivity index (χ2v) is 7.66. The Labute approximate surface area is 167 Å². The Morgan fingerprint density at radius 3 is 2.82 bits per heavy atom. The third kappa shape index (κ3) is 4.55. The standard InChI is InChI=1S/C21H21N3O3S/c1-14-23-19(13-28-14)15-3-2-4-17(11-15)24-21(25)16-5-6-20(22-12-16)27-18-7-9-26-10-8-18/h2-6,11-13,18H,7-10H2,1H3,(H,24,25). The van der Waals surface area contributed by atoms with Crippen LogP contribution in [0.15, 0.2) is 48.0 Å². The number of ether oxygens (including phenoxy) is 2. The number of pyridine rings is 1. The first kappa shape index (κ1) is 18.6. The first-order valence-electron chi connectivity index (χ1n) is 9.22. The number of aryl methyl sites for hydroxylation is 1. The average molecular weight is 395 g/mol. The van der Waals surface area contributed by atoms with Crippen molar-refractivity contribution in [1.82, 2.24) is 9.97 Å². The topological polar surface area (TPSA) is 73.3 Å². The monoisotopic (exact) mass is 395 g/mol. The van der Waals surface area contributed by atoms with E-state index >= 15 is 0 Å². The van der Waals surface area contributed by atoms with E-state index < -0.39 is 0 Å². The van der Waals surface area contributed by atoms with E-state index in [1.54, 1.807) is 23.5 Å². The molecule has 4 rings (SSSR count). The molecule has 0 atom stereocenters. The van der Waals surface area contributed by atoms with E-state index in [1.165, 1.54) is 6.20 Å². The van der Waals surface area contributed by atoms with Crippen molar-refractivity contribution in [2.75, 3.05) is 18.5 Å². The molecule has 0 radical (unpaired) electrons. The molecule has 144 valence electrons. The van der Waals surface area contributed by atoms with Gasteiger partial charge in [0.05, 0.1) is 29.5 Å². The molecule has 1 aliphatic heterocycles. The largest absolute Gasteiger partial charge is 0.474 e. The zero-order chi connectivity index (χ0) is 19.3. The number of nitrogens with zero attached hydrogens (tertiary/aromatic N) is 2. The lowest BCUT2D eigenvalue weighted by molar-refractivity contribution is 0.0237. The third-order valence-corrected chi connectivity index (χ3v) is 5.26. The van der Waals surface area contributed by atoms with Crippen LogP contribution in [0.3, 0.4) is 0 Å². The van der Waals surface area contributed by atoms with Crippen LogP contribution in [0, 0.1) is 6.92 Å².